The van der Waals surface area contributed by atoms with Crippen molar-refractivity contribution in [1.82, 2.24) is 5.16 Å². The second-order valence-electron chi connectivity index (χ2n) is 9.07. The molecular weight excluding hydrogens is 477 g/mol. The van der Waals surface area contributed by atoms with Gasteiger partial charge in [-0.2, -0.15) is 13.2 Å². The molecule has 1 aliphatic heterocycles. The number of alkyl halides is 3. The first-order chi connectivity index (χ1) is 15.6. The van der Waals surface area contributed by atoms with Gasteiger partial charge in [-0.15, -0.1) is 0 Å². The summed E-state index contributed by atoms with van der Waals surface area (Å²) in [5, 5.41) is 6.30. The maximum Gasteiger partial charge on any atom is 0.389 e. The summed E-state index contributed by atoms with van der Waals surface area (Å²) in [6.07, 6.45) is -3.76. The molecular formula is C22H37F3N2O6S. The van der Waals surface area contributed by atoms with Crippen molar-refractivity contribution in [3.05, 3.63) is 11.8 Å². The molecule has 1 aliphatic rings. The number of carbonyl (C=O) groups is 1. The number of carbonyl (C=O) groups excluding carboxylic acids is 1. The normalized spacial score (nSPS) is 17.6. The van der Waals surface area contributed by atoms with Crippen molar-refractivity contribution in [1.29, 1.82) is 0 Å². The summed E-state index contributed by atoms with van der Waals surface area (Å²) in [5.41, 5.74) is -0.0959. The molecule has 8 nitrogen and oxygen atoms in total. The average Bonchev–Trinajstić information content (AvgIpc) is 3.23. The number of sulfone groups is 1. The fourth-order valence-corrected chi connectivity index (χ4v) is 4.36. The zero-order valence-corrected chi connectivity index (χ0v) is 21.6. The highest BCUT2D eigenvalue weighted by Gasteiger charge is 2.42. The molecule has 12 heteroatoms. The highest BCUT2D eigenvalue weighted by molar-refractivity contribution is 7.93. The number of aromatic nitrogens is 1. The first-order valence-corrected chi connectivity index (χ1v) is 13.1. The largest absolute Gasteiger partial charge is 0.389 e. The Morgan fingerprint density at radius 3 is 2.41 bits per heavy atom. The summed E-state index contributed by atoms with van der Waals surface area (Å²) in [6.45, 7) is 11.0. The number of ether oxygens (including phenoxy) is 2. The van der Waals surface area contributed by atoms with E-state index in [4.69, 9.17) is 14.0 Å². The Morgan fingerprint density at radius 2 is 1.85 bits per heavy atom. The van der Waals surface area contributed by atoms with E-state index in [1.54, 1.807) is 0 Å². The highest BCUT2D eigenvalue weighted by atomic mass is 32.2. The van der Waals surface area contributed by atoms with Gasteiger partial charge in [0.1, 0.15) is 4.75 Å². The summed E-state index contributed by atoms with van der Waals surface area (Å²) in [6, 6.07) is 1.47. The van der Waals surface area contributed by atoms with Crippen molar-refractivity contribution in [2.24, 2.45) is 0 Å². The van der Waals surface area contributed by atoms with E-state index in [0.717, 1.165) is 33.1 Å². The van der Waals surface area contributed by atoms with Gasteiger partial charge in [0.15, 0.2) is 16.1 Å². The average molecular weight is 515 g/mol. The number of nitrogens with one attached hydrogen (secondary N) is 1. The van der Waals surface area contributed by atoms with Gasteiger partial charge in [0, 0.05) is 24.5 Å². The molecule has 0 bridgehead atoms. The Balaban J connectivity index is 0.00000281. The Labute approximate surface area is 199 Å². The Bertz CT molecular complexity index is 875. The van der Waals surface area contributed by atoms with Crippen molar-refractivity contribution in [2.45, 2.75) is 96.3 Å². The van der Waals surface area contributed by atoms with Gasteiger partial charge in [-0.1, -0.05) is 32.9 Å². The van der Waals surface area contributed by atoms with Crippen LogP contribution in [0.3, 0.4) is 0 Å². The lowest BCUT2D eigenvalue weighted by Gasteiger charge is -2.28. The molecule has 1 N–H and O–H groups in total. The first kappa shape index (κ1) is 30.4. The maximum absolute atomic E-state index is 12.6. The number of anilines is 1. The summed E-state index contributed by atoms with van der Waals surface area (Å²) < 4.78 is 76.4. The third kappa shape index (κ3) is 8.84. The van der Waals surface area contributed by atoms with E-state index in [1.807, 2.05) is 27.7 Å². The highest BCUT2D eigenvalue weighted by Crippen LogP contribution is 2.29. The van der Waals surface area contributed by atoms with Crippen LogP contribution in [0.5, 0.6) is 0 Å². The van der Waals surface area contributed by atoms with Gasteiger partial charge in [-0.05, 0) is 39.5 Å². The lowest BCUT2D eigenvalue weighted by atomic mass is 9.90. The molecule has 0 radical (unpaired) electrons. The molecule has 2 rings (SSSR count). The van der Waals surface area contributed by atoms with Crippen molar-refractivity contribution in [2.75, 3.05) is 24.3 Å². The summed E-state index contributed by atoms with van der Waals surface area (Å²) in [5.74, 6) is -1.75. The van der Waals surface area contributed by atoms with Crippen LogP contribution in [0.15, 0.2) is 10.6 Å². The predicted octanol–water partition coefficient (Wildman–Crippen LogP) is 5.00. The number of hydrogen-bond donors (Lipinski definition) is 1. The van der Waals surface area contributed by atoms with Crippen molar-refractivity contribution >= 4 is 21.6 Å². The molecule has 0 spiro atoms. The molecule has 2 heterocycles. The number of halogens is 3. The van der Waals surface area contributed by atoms with Crippen molar-refractivity contribution in [3.63, 3.8) is 0 Å². The SMILES string of the molecule is CC.CC(C)(COC1CCCCO1)c1cc(NC(=O)C(C)(C)S(=O)(=O)CCCC(F)(F)F)on1. The van der Waals surface area contributed by atoms with Gasteiger partial charge < -0.3 is 14.0 Å². The second kappa shape index (κ2) is 12.3. The van der Waals surface area contributed by atoms with E-state index in [-0.39, 0.29) is 18.8 Å². The molecule has 0 aromatic carbocycles. The molecule has 1 unspecified atom stereocenters. The third-order valence-corrected chi connectivity index (χ3v) is 7.97. The minimum Gasteiger partial charge on any atom is -0.353 e. The minimum atomic E-state index is -4.46. The zero-order chi connectivity index (χ0) is 26.2. The van der Waals surface area contributed by atoms with Crippen LogP contribution >= 0.6 is 0 Å². The molecule has 1 saturated heterocycles. The van der Waals surface area contributed by atoms with Crippen molar-refractivity contribution < 1.29 is 40.4 Å². The quantitative estimate of drug-likeness (QED) is 0.468. The van der Waals surface area contributed by atoms with Gasteiger partial charge in [0.05, 0.1) is 18.1 Å². The summed E-state index contributed by atoms with van der Waals surface area (Å²) in [4.78, 5) is 12.6. The molecule has 1 atom stereocenters. The maximum atomic E-state index is 12.6. The van der Waals surface area contributed by atoms with E-state index >= 15 is 0 Å². The second-order valence-corrected chi connectivity index (χ2v) is 11.7. The molecule has 198 valence electrons. The molecule has 1 aromatic heterocycles. The number of amides is 1. The third-order valence-electron chi connectivity index (χ3n) is 5.41. The van der Waals surface area contributed by atoms with Crippen LogP contribution in [0, 0.1) is 0 Å². The van der Waals surface area contributed by atoms with Gasteiger partial charge in [-0.25, -0.2) is 8.42 Å². The van der Waals surface area contributed by atoms with E-state index in [1.165, 1.54) is 6.07 Å². The van der Waals surface area contributed by atoms with E-state index in [9.17, 15) is 26.4 Å². The molecule has 0 saturated carbocycles. The Kier molecular flexibility index (Phi) is 11.0. The van der Waals surface area contributed by atoms with Gasteiger partial charge in [0.25, 0.3) is 0 Å². The van der Waals surface area contributed by atoms with Crippen LogP contribution in [-0.2, 0) is 29.5 Å². The zero-order valence-electron chi connectivity index (χ0n) is 20.8. The standard InChI is InChI=1S/C20H31F3N2O6S.C2H6/c1-18(2,13-30-16-8-5-6-10-29-16)14-12-15(31-25-14)24-17(26)19(3,4)32(27,28)11-7-9-20(21,22)23;1-2/h12,16H,5-11,13H2,1-4H3,(H,24,26);1-2H3. The number of nitrogens with zero attached hydrogens (tertiary/aromatic N) is 1. The fourth-order valence-electron chi connectivity index (χ4n) is 2.99. The Hall–Kier alpha value is -1.66. The van der Waals surface area contributed by atoms with Crippen LogP contribution in [0.2, 0.25) is 0 Å². The van der Waals surface area contributed by atoms with Gasteiger partial charge in [-0.3, -0.25) is 10.1 Å². The first-order valence-electron chi connectivity index (χ1n) is 11.4. The van der Waals surface area contributed by atoms with E-state index in [0.29, 0.717) is 12.3 Å². The molecule has 0 aliphatic carbocycles. The molecule has 1 amide bonds. The van der Waals surface area contributed by atoms with E-state index in [2.05, 4.69) is 10.5 Å². The van der Waals surface area contributed by atoms with Crippen LogP contribution in [0.4, 0.5) is 19.1 Å². The molecule has 1 fully saturated rings. The number of rotatable bonds is 10. The predicted molar refractivity (Wildman–Crippen MR) is 122 cm³/mol. The molecule has 1 aromatic rings. The lowest BCUT2D eigenvalue weighted by molar-refractivity contribution is -0.170. The minimum absolute atomic E-state index is 0.0643. The summed E-state index contributed by atoms with van der Waals surface area (Å²) in [7, 11) is -4.15. The molecule has 34 heavy (non-hydrogen) atoms. The van der Waals surface area contributed by atoms with Crippen molar-refractivity contribution in [3.8, 4) is 0 Å². The summed E-state index contributed by atoms with van der Waals surface area (Å²) >= 11 is 0. The van der Waals surface area contributed by atoms with Crippen LogP contribution in [0.1, 0.15) is 79.3 Å². The van der Waals surface area contributed by atoms with Crippen LogP contribution in [-0.4, -0.2) is 55.7 Å². The number of hydrogen-bond acceptors (Lipinski definition) is 7. The van der Waals surface area contributed by atoms with Gasteiger partial charge in [0.2, 0.25) is 11.8 Å². The Morgan fingerprint density at radius 1 is 1.21 bits per heavy atom. The van der Waals surface area contributed by atoms with Gasteiger partial charge >= 0.3 is 6.18 Å². The topological polar surface area (TPSA) is 108 Å². The monoisotopic (exact) mass is 514 g/mol. The fraction of sp³-hybridized carbons (Fsp3) is 0.818. The van der Waals surface area contributed by atoms with Crippen LogP contribution < -0.4 is 5.32 Å². The lowest BCUT2D eigenvalue weighted by Crippen LogP contribution is -2.45. The van der Waals surface area contributed by atoms with Crippen LogP contribution in [0.25, 0.3) is 0 Å². The smallest absolute Gasteiger partial charge is 0.353 e. The van der Waals surface area contributed by atoms with E-state index < -0.39 is 50.7 Å².